The third-order valence-corrected chi connectivity index (χ3v) is 1.43. The zero-order chi connectivity index (χ0) is 9.56. The molecule has 0 aromatic rings. The highest BCUT2D eigenvalue weighted by Gasteiger charge is 1.95. The van der Waals surface area contributed by atoms with Crippen molar-refractivity contribution in [2.45, 2.75) is 20.3 Å². The molecular formula is C10H18N2. The molecule has 0 bridgehead atoms. The first kappa shape index (κ1) is 11.0. The number of rotatable bonds is 5. The maximum absolute atomic E-state index is 4.15. The van der Waals surface area contributed by atoms with Gasteiger partial charge in [0.25, 0.3) is 0 Å². The van der Waals surface area contributed by atoms with Crippen LogP contribution in [0.5, 0.6) is 0 Å². The Labute approximate surface area is 75.3 Å². The molecular weight excluding hydrogens is 148 g/mol. The molecule has 0 saturated heterocycles. The predicted octanol–water partition coefficient (Wildman–Crippen LogP) is 2.45. The lowest BCUT2D eigenvalue weighted by molar-refractivity contribution is 0.415. The molecule has 0 aromatic heterocycles. The molecule has 0 atom stereocenters. The summed E-state index contributed by atoms with van der Waals surface area (Å²) in [6.45, 7) is 12.6. The monoisotopic (exact) mass is 166 g/mol. The molecule has 0 aliphatic carbocycles. The maximum Gasteiger partial charge on any atom is 0.120 e. The summed E-state index contributed by atoms with van der Waals surface area (Å²) in [7, 11) is 1.99. The highest BCUT2D eigenvalue weighted by Crippen LogP contribution is 2.00. The van der Waals surface area contributed by atoms with E-state index in [9.17, 15) is 0 Å². The Morgan fingerprint density at radius 2 is 2.08 bits per heavy atom. The minimum absolute atomic E-state index is 0.792. The minimum atomic E-state index is 0.792. The molecule has 0 radical (unpaired) electrons. The minimum Gasteiger partial charge on any atom is -0.360 e. The largest absolute Gasteiger partial charge is 0.360 e. The van der Waals surface area contributed by atoms with Gasteiger partial charge in [0.1, 0.15) is 5.82 Å². The summed E-state index contributed by atoms with van der Waals surface area (Å²) in [6.07, 6.45) is 2.84. The quantitative estimate of drug-likeness (QED) is 0.573. The summed E-state index contributed by atoms with van der Waals surface area (Å²) in [6, 6.07) is 0. The van der Waals surface area contributed by atoms with E-state index in [1.54, 1.807) is 6.21 Å². The first-order chi connectivity index (χ1) is 5.57. The van der Waals surface area contributed by atoms with Gasteiger partial charge in [0.2, 0.25) is 0 Å². The van der Waals surface area contributed by atoms with Crippen molar-refractivity contribution in [2.75, 3.05) is 13.6 Å². The molecule has 2 heteroatoms. The van der Waals surface area contributed by atoms with Crippen LogP contribution in [0.3, 0.4) is 0 Å². The van der Waals surface area contributed by atoms with Gasteiger partial charge in [-0.3, -0.25) is 0 Å². The Hall–Kier alpha value is -1.05. The van der Waals surface area contributed by atoms with Gasteiger partial charge in [0.15, 0.2) is 0 Å². The Morgan fingerprint density at radius 3 is 2.50 bits per heavy atom. The number of nitrogens with zero attached hydrogens (tertiary/aromatic N) is 2. The van der Waals surface area contributed by atoms with Crippen LogP contribution in [0.2, 0.25) is 0 Å². The molecule has 0 aliphatic heterocycles. The Balaban J connectivity index is 3.94. The molecule has 0 fully saturated rings. The van der Waals surface area contributed by atoms with Crippen LogP contribution < -0.4 is 0 Å². The maximum atomic E-state index is 4.15. The fourth-order valence-electron chi connectivity index (χ4n) is 0.748. The van der Waals surface area contributed by atoms with Crippen LogP contribution in [0.1, 0.15) is 20.3 Å². The van der Waals surface area contributed by atoms with E-state index < -0.39 is 0 Å². The average molecular weight is 166 g/mol. The highest BCUT2D eigenvalue weighted by molar-refractivity contribution is 5.77. The van der Waals surface area contributed by atoms with Gasteiger partial charge in [-0.05, 0) is 18.9 Å². The predicted molar refractivity (Wildman–Crippen MR) is 55.4 cm³/mol. The van der Waals surface area contributed by atoms with Crippen molar-refractivity contribution >= 4 is 6.21 Å². The number of aliphatic imine (C=N–C) groups is 1. The molecule has 0 aromatic carbocycles. The van der Waals surface area contributed by atoms with Crippen molar-refractivity contribution in [1.29, 1.82) is 0 Å². The number of hydrogen-bond acceptors (Lipinski definition) is 2. The summed E-state index contributed by atoms with van der Waals surface area (Å²) >= 11 is 0. The first-order valence-corrected chi connectivity index (χ1v) is 4.17. The van der Waals surface area contributed by atoms with Crippen molar-refractivity contribution in [3.8, 4) is 0 Å². The van der Waals surface area contributed by atoms with E-state index in [4.69, 9.17) is 0 Å². The van der Waals surface area contributed by atoms with Gasteiger partial charge < -0.3 is 4.90 Å². The van der Waals surface area contributed by atoms with Gasteiger partial charge in [0, 0.05) is 19.8 Å². The van der Waals surface area contributed by atoms with E-state index in [0.29, 0.717) is 0 Å². The first-order valence-electron chi connectivity index (χ1n) is 4.17. The van der Waals surface area contributed by atoms with Gasteiger partial charge >= 0.3 is 0 Å². The highest BCUT2D eigenvalue weighted by atomic mass is 15.2. The van der Waals surface area contributed by atoms with Crippen LogP contribution >= 0.6 is 0 Å². The SMILES string of the molecule is C=C(C)/C=N\C(=C)N(C)CCC. The van der Waals surface area contributed by atoms with Crippen LogP contribution in [0.4, 0.5) is 0 Å². The van der Waals surface area contributed by atoms with Crippen molar-refractivity contribution in [1.82, 2.24) is 4.90 Å². The number of allylic oxidation sites excluding steroid dienone is 1. The van der Waals surface area contributed by atoms with Crippen LogP contribution in [0.25, 0.3) is 0 Å². The molecule has 0 amide bonds. The average Bonchev–Trinajstić information content (AvgIpc) is 2.00. The molecule has 0 heterocycles. The van der Waals surface area contributed by atoms with Crippen molar-refractivity contribution in [3.05, 3.63) is 24.6 Å². The van der Waals surface area contributed by atoms with Gasteiger partial charge in [-0.25, -0.2) is 4.99 Å². The summed E-state index contributed by atoms with van der Waals surface area (Å²) in [5.41, 5.74) is 0.945. The Bertz CT molecular complexity index is 192. The van der Waals surface area contributed by atoms with Crippen molar-refractivity contribution in [3.63, 3.8) is 0 Å². The lowest BCUT2D eigenvalue weighted by Crippen LogP contribution is -2.16. The van der Waals surface area contributed by atoms with Crippen LogP contribution in [0, 0.1) is 0 Å². The lowest BCUT2D eigenvalue weighted by Gasteiger charge is -2.16. The second-order valence-corrected chi connectivity index (χ2v) is 2.94. The third kappa shape index (κ3) is 4.72. The second-order valence-electron chi connectivity index (χ2n) is 2.94. The Kier molecular flexibility index (Phi) is 5.09. The molecule has 0 rings (SSSR count). The third-order valence-electron chi connectivity index (χ3n) is 1.43. The molecule has 2 nitrogen and oxygen atoms in total. The molecule has 12 heavy (non-hydrogen) atoms. The zero-order valence-electron chi connectivity index (χ0n) is 8.30. The van der Waals surface area contributed by atoms with E-state index in [1.165, 1.54) is 0 Å². The molecule has 0 saturated carbocycles. The second kappa shape index (κ2) is 5.58. The molecule has 68 valence electrons. The normalized spacial score (nSPS) is 10.2. The smallest absolute Gasteiger partial charge is 0.120 e. The lowest BCUT2D eigenvalue weighted by atomic mass is 10.4. The standard InChI is InChI=1S/C10H18N2/c1-6-7-12(5)10(4)11-8-9(2)3/h8H,2,4,6-7H2,1,3,5H3/b11-8-. The van der Waals surface area contributed by atoms with Crippen LogP contribution in [0.15, 0.2) is 29.5 Å². The van der Waals surface area contributed by atoms with Gasteiger partial charge in [0.05, 0.1) is 0 Å². The molecule has 0 unspecified atom stereocenters. The topological polar surface area (TPSA) is 15.6 Å². The molecule has 0 N–H and O–H groups in total. The van der Waals surface area contributed by atoms with E-state index >= 15 is 0 Å². The summed E-state index contributed by atoms with van der Waals surface area (Å²) in [5, 5.41) is 0. The van der Waals surface area contributed by atoms with E-state index in [1.807, 2.05) is 18.9 Å². The summed E-state index contributed by atoms with van der Waals surface area (Å²) in [4.78, 5) is 6.18. The van der Waals surface area contributed by atoms with Gasteiger partial charge in [-0.2, -0.15) is 0 Å². The molecule has 0 spiro atoms. The van der Waals surface area contributed by atoms with Crippen molar-refractivity contribution < 1.29 is 0 Å². The fraction of sp³-hybridized carbons (Fsp3) is 0.500. The van der Waals surface area contributed by atoms with Crippen LogP contribution in [-0.4, -0.2) is 24.7 Å². The summed E-state index contributed by atoms with van der Waals surface area (Å²) in [5.74, 6) is 0.792. The van der Waals surface area contributed by atoms with Crippen molar-refractivity contribution in [2.24, 2.45) is 4.99 Å². The van der Waals surface area contributed by atoms with Gasteiger partial charge in [-0.1, -0.05) is 20.1 Å². The summed E-state index contributed by atoms with van der Waals surface area (Å²) < 4.78 is 0. The van der Waals surface area contributed by atoms with E-state index in [2.05, 4.69) is 25.1 Å². The van der Waals surface area contributed by atoms with E-state index in [0.717, 1.165) is 24.4 Å². The Morgan fingerprint density at radius 1 is 1.50 bits per heavy atom. The van der Waals surface area contributed by atoms with E-state index in [-0.39, 0.29) is 0 Å². The van der Waals surface area contributed by atoms with Gasteiger partial charge in [-0.15, -0.1) is 0 Å². The number of hydrogen-bond donors (Lipinski definition) is 0. The molecule has 0 aliphatic rings. The zero-order valence-corrected chi connectivity index (χ0v) is 8.30. The fourth-order valence-corrected chi connectivity index (χ4v) is 0.748. The van der Waals surface area contributed by atoms with Crippen LogP contribution in [-0.2, 0) is 0 Å².